The molecule has 164 valence electrons. The molecule has 7 nitrogen and oxygen atoms in total. The van der Waals surface area contributed by atoms with E-state index < -0.39 is 11.4 Å². The number of fused-ring (bicyclic) bond motifs is 1. The summed E-state index contributed by atoms with van der Waals surface area (Å²) in [5.41, 5.74) is 11.4. The van der Waals surface area contributed by atoms with Gasteiger partial charge in [-0.3, -0.25) is 9.32 Å². The van der Waals surface area contributed by atoms with Crippen LogP contribution in [0.3, 0.4) is 0 Å². The first-order valence-electron chi connectivity index (χ1n) is 10.4. The fraction of sp³-hybridized carbons (Fsp3) is 0.120. The third-order valence-corrected chi connectivity index (χ3v) is 6.71. The third-order valence-electron chi connectivity index (χ3n) is 5.60. The van der Waals surface area contributed by atoms with E-state index in [2.05, 4.69) is 5.27 Å². The molecular formula is C25H21N4O3S+. The Morgan fingerprint density at radius 1 is 1.03 bits per heavy atom. The van der Waals surface area contributed by atoms with Gasteiger partial charge in [0, 0.05) is 23.1 Å². The fourth-order valence-corrected chi connectivity index (χ4v) is 4.78. The summed E-state index contributed by atoms with van der Waals surface area (Å²) < 4.78 is 6.29. The van der Waals surface area contributed by atoms with Crippen molar-refractivity contribution < 1.29 is 14.0 Å². The number of hydrogen-bond donors (Lipinski definition) is 2. The van der Waals surface area contributed by atoms with E-state index in [0.717, 1.165) is 27.9 Å². The van der Waals surface area contributed by atoms with Gasteiger partial charge in [-0.15, -0.1) is 11.3 Å². The Bertz CT molecular complexity index is 1580. The average Bonchev–Trinajstić information content (AvgIpc) is 3.34. The molecule has 0 aliphatic heterocycles. The topological polar surface area (TPSA) is 106 Å². The summed E-state index contributed by atoms with van der Waals surface area (Å²) in [6.07, 6.45) is 0. The molecule has 8 heteroatoms. The summed E-state index contributed by atoms with van der Waals surface area (Å²) in [4.78, 5) is 31.6. The lowest BCUT2D eigenvalue weighted by Gasteiger charge is -2.06. The van der Waals surface area contributed by atoms with Crippen LogP contribution in [0.4, 0.5) is 5.69 Å². The summed E-state index contributed by atoms with van der Waals surface area (Å²) in [6.45, 7) is 5.95. The number of nitrogen functional groups attached to an aromatic ring is 1. The maximum absolute atomic E-state index is 13.5. The summed E-state index contributed by atoms with van der Waals surface area (Å²) >= 11 is 1.17. The lowest BCUT2D eigenvalue weighted by Crippen LogP contribution is -2.41. The molecule has 3 heterocycles. The van der Waals surface area contributed by atoms with E-state index in [4.69, 9.17) is 15.2 Å². The van der Waals surface area contributed by atoms with Gasteiger partial charge in [0.25, 0.3) is 5.78 Å². The van der Waals surface area contributed by atoms with Crippen molar-refractivity contribution in [2.24, 2.45) is 0 Å². The van der Waals surface area contributed by atoms with Gasteiger partial charge in [-0.25, -0.2) is 9.78 Å². The molecule has 0 aliphatic rings. The van der Waals surface area contributed by atoms with Crippen molar-refractivity contribution in [1.82, 2.24) is 10.3 Å². The van der Waals surface area contributed by atoms with Crippen LogP contribution in [0.2, 0.25) is 0 Å². The third kappa shape index (κ3) is 3.54. The zero-order chi connectivity index (χ0) is 23.3. The standard InChI is InChI=1S/C25H20N4O3S/c1-13-4-8-16(9-5-13)20-15(3)12-18-19(26)23(33-24(18)27-20)22(30)21-25(31)32-28-29(21)17-10-6-14(2)7-11-17/h4-12H,1-3H3,(H2-,26,28,30,31)/p+1. The van der Waals surface area contributed by atoms with Crippen molar-refractivity contribution in [1.29, 1.82) is 0 Å². The summed E-state index contributed by atoms with van der Waals surface area (Å²) in [6, 6.07) is 17.4. The summed E-state index contributed by atoms with van der Waals surface area (Å²) in [7, 11) is 0. The molecule has 0 atom stereocenters. The fourth-order valence-electron chi connectivity index (χ4n) is 3.76. The van der Waals surface area contributed by atoms with Gasteiger partial charge in [-0.1, -0.05) is 47.5 Å². The normalized spacial score (nSPS) is 11.2. The molecule has 0 aliphatic carbocycles. The second kappa shape index (κ2) is 7.83. The number of carbonyl (C=O) groups excluding carboxylic acids is 1. The number of hydrogen-bond acceptors (Lipinski definition) is 6. The number of nitrogens with two attached hydrogens (primary N) is 1. The molecule has 0 spiro atoms. The lowest BCUT2D eigenvalue weighted by molar-refractivity contribution is -0.672. The van der Waals surface area contributed by atoms with Gasteiger partial charge in [-0.05, 0) is 42.4 Å². The number of nitrogens with one attached hydrogen (secondary N) is 1. The highest BCUT2D eigenvalue weighted by Crippen LogP contribution is 2.36. The largest absolute Gasteiger partial charge is 0.439 e. The molecule has 0 saturated carbocycles. The molecule has 3 N–H and O–H groups in total. The van der Waals surface area contributed by atoms with Gasteiger partial charge in [0.1, 0.15) is 9.71 Å². The maximum Gasteiger partial charge on any atom is 0.439 e. The van der Waals surface area contributed by atoms with Gasteiger partial charge in [0.2, 0.25) is 5.69 Å². The minimum atomic E-state index is -0.762. The first-order chi connectivity index (χ1) is 15.8. The van der Waals surface area contributed by atoms with Gasteiger partial charge in [0.05, 0.1) is 11.4 Å². The van der Waals surface area contributed by atoms with Crippen LogP contribution in [0.1, 0.15) is 32.1 Å². The number of nitrogens with zero attached hydrogens (tertiary/aromatic N) is 2. The predicted molar refractivity (Wildman–Crippen MR) is 128 cm³/mol. The van der Waals surface area contributed by atoms with Crippen LogP contribution in [-0.2, 0) is 0 Å². The second-order valence-corrected chi connectivity index (χ2v) is 9.05. The van der Waals surface area contributed by atoms with Gasteiger partial charge in [0.15, 0.2) is 0 Å². The molecule has 0 radical (unpaired) electrons. The number of H-pyrrole nitrogens is 1. The van der Waals surface area contributed by atoms with Crippen molar-refractivity contribution in [3.63, 3.8) is 0 Å². The van der Waals surface area contributed by atoms with Crippen molar-refractivity contribution in [3.05, 3.63) is 92.3 Å². The molecule has 0 amide bonds. The Morgan fingerprint density at radius 3 is 2.33 bits per heavy atom. The Kier molecular flexibility index (Phi) is 4.94. The van der Waals surface area contributed by atoms with E-state index >= 15 is 0 Å². The summed E-state index contributed by atoms with van der Waals surface area (Å²) in [5, 5.41) is 3.21. The Morgan fingerprint density at radius 2 is 1.67 bits per heavy atom. The first kappa shape index (κ1) is 20.8. The van der Waals surface area contributed by atoms with E-state index in [9.17, 15) is 9.59 Å². The molecule has 33 heavy (non-hydrogen) atoms. The molecular weight excluding hydrogens is 436 g/mol. The van der Waals surface area contributed by atoms with Crippen LogP contribution >= 0.6 is 11.3 Å². The monoisotopic (exact) mass is 457 g/mol. The number of aromatic nitrogens is 3. The SMILES string of the molecule is Cc1ccc(-c2nc3sc(C(=O)c4c(=O)o[nH][n+]4-c4ccc(C)cc4)c(N)c3cc2C)cc1. The molecule has 0 saturated heterocycles. The molecule has 2 aromatic carbocycles. The van der Waals surface area contributed by atoms with Gasteiger partial charge in [-0.2, -0.15) is 0 Å². The Hall–Kier alpha value is -4.04. The molecule has 5 aromatic rings. The van der Waals surface area contributed by atoms with Crippen molar-refractivity contribution in [2.75, 3.05) is 5.73 Å². The highest BCUT2D eigenvalue weighted by Gasteiger charge is 2.34. The molecule has 0 fully saturated rings. The van der Waals surface area contributed by atoms with Gasteiger partial charge >= 0.3 is 11.3 Å². The number of pyridine rings is 1. The highest BCUT2D eigenvalue weighted by atomic mass is 32.1. The minimum absolute atomic E-state index is 0.146. The quantitative estimate of drug-likeness (QED) is 0.310. The summed E-state index contributed by atoms with van der Waals surface area (Å²) in [5.74, 6) is -0.513. The van der Waals surface area contributed by atoms with E-state index in [0.29, 0.717) is 21.6 Å². The number of aryl methyl sites for hydroxylation is 3. The lowest BCUT2D eigenvalue weighted by atomic mass is 10.0. The maximum atomic E-state index is 13.5. The number of rotatable bonds is 4. The average molecular weight is 458 g/mol. The minimum Gasteiger partial charge on any atom is -0.397 e. The van der Waals surface area contributed by atoms with Crippen LogP contribution in [0, 0.1) is 20.8 Å². The predicted octanol–water partition coefficient (Wildman–Crippen LogP) is 4.26. The van der Waals surface area contributed by atoms with Crippen LogP contribution < -0.4 is 16.0 Å². The second-order valence-electron chi connectivity index (χ2n) is 8.05. The van der Waals surface area contributed by atoms with Crippen LogP contribution in [0.25, 0.3) is 27.2 Å². The zero-order valence-electron chi connectivity index (χ0n) is 18.3. The van der Waals surface area contributed by atoms with Crippen molar-refractivity contribution >= 4 is 33.0 Å². The van der Waals surface area contributed by atoms with E-state index in [1.54, 1.807) is 12.1 Å². The number of thiophene rings is 1. The van der Waals surface area contributed by atoms with Crippen LogP contribution in [0.15, 0.2) is 63.9 Å². The molecule has 3 aromatic heterocycles. The van der Waals surface area contributed by atoms with Crippen molar-refractivity contribution in [2.45, 2.75) is 20.8 Å². The number of ketones is 1. The van der Waals surface area contributed by atoms with E-state index in [1.807, 2.05) is 63.2 Å². The number of anilines is 1. The number of benzene rings is 2. The van der Waals surface area contributed by atoms with Crippen molar-refractivity contribution in [3.8, 4) is 16.9 Å². The molecule has 5 rings (SSSR count). The van der Waals surface area contributed by atoms with Crippen LogP contribution in [0.5, 0.6) is 0 Å². The van der Waals surface area contributed by atoms with E-state index in [1.165, 1.54) is 16.0 Å². The van der Waals surface area contributed by atoms with Crippen LogP contribution in [-0.4, -0.2) is 16.0 Å². The number of aromatic amines is 1. The number of carbonyl (C=O) groups is 1. The Balaban J connectivity index is 1.63. The zero-order valence-corrected chi connectivity index (χ0v) is 19.1. The van der Waals surface area contributed by atoms with E-state index in [-0.39, 0.29) is 10.6 Å². The smallest absolute Gasteiger partial charge is 0.397 e. The molecule has 0 unspecified atom stereocenters. The Labute approximate surface area is 193 Å². The highest BCUT2D eigenvalue weighted by molar-refractivity contribution is 7.21. The molecule has 0 bridgehead atoms. The first-order valence-corrected chi connectivity index (χ1v) is 11.2. The van der Waals surface area contributed by atoms with Gasteiger partial charge < -0.3 is 5.73 Å².